The standard InChI is InChI=1S/C22H29N3O6/c1-3-31-22(30)15-5-4-8-24(10-15)17(27)11-23(2)16(26)12-25-20(28)18-13-6-7-14(9-13)19(18)21(25)29/h6-7,13-15,18-19H,3-5,8-12H2,1-2H3. The third-order valence-corrected chi connectivity index (χ3v) is 7.05. The minimum atomic E-state index is -0.450. The molecule has 0 aromatic rings. The summed E-state index contributed by atoms with van der Waals surface area (Å²) in [4.78, 5) is 66.7. The first-order chi connectivity index (χ1) is 14.8. The highest BCUT2D eigenvalue weighted by molar-refractivity contribution is 6.08. The zero-order valence-corrected chi connectivity index (χ0v) is 18.0. The van der Waals surface area contributed by atoms with Gasteiger partial charge >= 0.3 is 5.97 Å². The van der Waals surface area contributed by atoms with Gasteiger partial charge in [0.05, 0.1) is 30.9 Å². The summed E-state index contributed by atoms with van der Waals surface area (Å²) in [6, 6.07) is 0. The number of allylic oxidation sites excluding steroid dienone is 2. The van der Waals surface area contributed by atoms with Gasteiger partial charge in [0.2, 0.25) is 23.6 Å². The lowest BCUT2D eigenvalue weighted by atomic mass is 9.85. The molecule has 31 heavy (non-hydrogen) atoms. The van der Waals surface area contributed by atoms with E-state index >= 15 is 0 Å². The van der Waals surface area contributed by atoms with Crippen molar-refractivity contribution < 1.29 is 28.7 Å². The van der Waals surface area contributed by atoms with E-state index in [1.807, 2.05) is 12.2 Å². The number of hydrogen-bond acceptors (Lipinski definition) is 6. The summed E-state index contributed by atoms with van der Waals surface area (Å²) >= 11 is 0. The van der Waals surface area contributed by atoms with Crippen LogP contribution in [0.25, 0.3) is 0 Å². The Bertz CT molecular complexity index is 809. The molecule has 2 saturated heterocycles. The summed E-state index contributed by atoms with van der Waals surface area (Å²) in [5.41, 5.74) is 0. The van der Waals surface area contributed by atoms with Gasteiger partial charge in [0, 0.05) is 20.1 Å². The molecule has 0 aromatic carbocycles. The molecule has 0 N–H and O–H groups in total. The van der Waals surface area contributed by atoms with Crippen LogP contribution in [-0.4, -0.2) is 84.1 Å². The van der Waals surface area contributed by atoms with Gasteiger partial charge in [-0.25, -0.2) is 0 Å². The van der Waals surface area contributed by atoms with Crippen LogP contribution in [0.15, 0.2) is 12.2 Å². The van der Waals surface area contributed by atoms with E-state index in [1.54, 1.807) is 11.8 Å². The Morgan fingerprint density at radius 3 is 2.39 bits per heavy atom. The number of rotatable bonds is 6. The van der Waals surface area contributed by atoms with Crippen LogP contribution in [-0.2, 0) is 28.7 Å². The van der Waals surface area contributed by atoms with E-state index in [1.165, 1.54) is 11.9 Å². The van der Waals surface area contributed by atoms with Gasteiger partial charge in [0.15, 0.2) is 0 Å². The van der Waals surface area contributed by atoms with Gasteiger partial charge in [-0.05, 0) is 38.0 Å². The van der Waals surface area contributed by atoms with E-state index < -0.39 is 5.91 Å². The maximum atomic E-state index is 12.7. The van der Waals surface area contributed by atoms with Crippen molar-refractivity contribution in [3.63, 3.8) is 0 Å². The van der Waals surface area contributed by atoms with Crippen molar-refractivity contribution in [2.75, 3.05) is 39.8 Å². The maximum absolute atomic E-state index is 12.7. The quantitative estimate of drug-likeness (QED) is 0.335. The van der Waals surface area contributed by atoms with Crippen LogP contribution in [0.3, 0.4) is 0 Å². The Morgan fingerprint density at radius 2 is 1.77 bits per heavy atom. The van der Waals surface area contributed by atoms with E-state index in [2.05, 4.69) is 0 Å². The highest BCUT2D eigenvalue weighted by atomic mass is 16.5. The van der Waals surface area contributed by atoms with Crippen LogP contribution < -0.4 is 0 Å². The molecule has 1 saturated carbocycles. The largest absolute Gasteiger partial charge is 0.466 e. The van der Waals surface area contributed by atoms with Gasteiger partial charge in [-0.3, -0.25) is 28.9 Å². The molecule has 5 atom stereocenters. The van der Waals surface area contributed by atoms with Crippen molar-refractivity contribution in [3.8, 4) is 0 Å². The van der Waals surface area contributed by atoms with Gasteiger partial charge in [-0.1, -0.05) is 12.2 Å². The predicted molar refractivity (Wildman–Crippen MR) is 108 cm³/mol. The van der Waals surface area contributed by atoms with E-state index in [4.69, 9.17) is 4.74 Å². The molecule has 9 heteroatoms. The van der Waals surface area contributed by atoms with Crippen molar-refractivity contribution in [3.05, 3.63) is 12.2 Å². The van der Waals surface area contributed by atoms with Crippen LogP contribution in [0.5, 0.6) is 0 Å². The van der Waals surface area contributed by atoms with E-state index in [0.29, 0.717) is 26.0 Å². The molecular formula is C22H29N3O6. The van der Waals surface area contributed by atoms with E-state index in [0.717, 1.165) is 11.3 Å². The number of imide groups is 1. The molecule has 2 aliphatic carbocycles. The average molecular weight is 431 g/mol. The Kier molecular flexibility index (Phi) is 5.85. The minimum Gasteiger partial charge on any atom is -0.466 e. The summed E-state index contributed by atoms with van der Waals surface area (Å²) in [6.07, 6.45) is 6.23. The summed E-state index contributed by atoms with van der Waals surface area (Å²) in [5.74, 6) is -2.38. The molecule has 5 unspecified atom stereocenters. The number of likely N-dealkylation sites (tertiary alicyclic amines) is 2. The first kappa shape index (κ1) is 21.5. The van der Waals surface area contributed by atoms with Gasteiger partial charge in [-0.15, -0.1) is 0 Å². The Labute approximate surface area is 181 Å². The first-order valence-electron chi connectivity index (χ1n) is 11.0. The van der Waals surface area contributed by atoms with Crippen molar-refractivity contribution in [1.82, 2.24) is 14.7 Å². The molecule has 0 spiro atoms. The Morgan fingerprint density at radius 1 is 1.13 bits per heavy atom. The smallest absolute Gasteiger partial charge is 0.310 e. The highest BCUT2D eigenvalue weighted by Gasteiger charge is 2.59. The SMILES string of the molecule is CCOC(=O)C1CCCN(C(=O)CN(C)C(=O)CN2C(=O)C3C4C=CC(C4)C3C2=O)C1. The fraction of sp³-hybridized carbons (Fsp3) is 0.682. The third kappa shape index (κ3) is 3.85. The summed E-state index contributed by atoms with van der Waals surface area (Å²) in [7, 11) is 1.49. The number of fused-ring (bicyclic) bond motifs is 5. The van der Waals surface area contributed by atoms with Crippen molar-refractivity contribution in [2.24, 2.45) is 29.6 Å². The number of amides is 4. The number of nitrogens with zero attached hydrogens (tertiary/aromatic N) is 3. The lowest BCUT2D eigenvalue weighted by Gasteiger charge is -2.32. The van der Waals surface area contributed by atoms with Crippen molar-refractivity contribution in [1.29, 1.82) is 0 Å². The van der Waals surface area contributed by atoms with Crippen LogP contribution in [0, 0.1) is 29.6 Å². The van der Waals surface area contributed by atoms with Gasteiger partial charge in [0.25, 0.3) is 0 Å². The fourth-order valence-corrected chi connectivity index (χ4v) is 5.42. The van der Waals surface area contributed by atoms with Crippen LogP contribution in [0.2, 0.25) is 0 Å². The number of likely N-dealkylation sites (N-methyl/N-ethyl adjacent to an activating group) is 1. The zero-order chi connectivity index (χ0) is 22.3. The van der Waals surface area contributed by atoms with E-state index in [9.17, 15) is 24.0 Å². The average Bonchev–Trinajstić information content (AvgIpc) is 3.44. The van der Waals surface area contributed by atoms with Crippen LogP contribution in [0.1, 0.15) is 26.2 Å². The topological polar surface area (TPSA) is 104 Å². The second kappa shape index (κ2) is 8.43. The van der Waals surface area contributed by atoms with Gasteiger partial charge in [0.1, 0.15) is 6.54 Å². The third-order valence-electron chi connectivity index (χ3n) is 7.05. The monoisotopic (exact) mass is 431 g/mol. The molecule has 2 bridgehead atoms. The molecule has 4 amide bonds. The number of piperidine rings is 1. The zero-order valence-electron chi connectivity index (χ0n) is 18.0. The normalized spacial score (nSPS) is 31.2. The number of carbonyl (C=O) groups is 5. The molecule has 2 aliphatic heterocycles. The molecule has 0 aromatic heterocycles. The van der Waals surface area contributed by atoms with Gasteiger partial charge < -0.3 is 14.5 Å². The summed E-state index contributed by atoms with van der Waals surface area (Å²) in [5, 5.41) is 0. The second-order valence-corrected chi connectivity index (χ2v) is 8.94. The van der Waals surface area contributed by atoms with Crippen LogP contribution >= 0.6 is 0 Å². The van der Waals surface area contributed by atoms with E-state index in [-0.39, 0.29) is 72.9 Å². The Hall–Kier alpha value is -2.71. The van der Waals surface area contributed by atoms with Crippen molar-refractivity contribution in [2.45, 2.75) is 26.2 Å². The maximum Gasteiger partial charge on any atom is 0.310 e. The number of esters is 1. The molecule has 2 heterocycles. The molecule has 0 radical (unpaired) electrons. The first-order valence-corrected chi connectivity index (χ1v) is 11.0. The molecule has 9 nitrogen and oxygen atoms in total. The molecule has 4 aliphatic rings. The summed E-state index contributed by atoms with van der Waals surface area (Å²) < 4.78 is 5.06. The molecule has 168 valence electrons. The fourth-order valence-electron chi connectivity index (χ4n) is 5.42. The lowest BCUT2D eigenvalue weighted by molar-refractivity contribution is -0.152. The predicted octanol–water partition coefficient (Wildman–Crippen LogP) is 0.0536. The van der Waals surface area contributed by atoms with Gasteiger partial charge in [-0.2, -0.15) is 0 Å². The lowest BCUT2D eigenvalue weighted by Crippen LogP contribution is -2.49. The Balaban J connectivity index is 1.31. The second-order valence-electron chi connectivity index (χ2n) is 8.94. The summed E-state index contributed by atoms with van der Waals surface area (Å²) in [6.45, 7) is 2.35. The molecule has 3 fully saturated rings. The van der Waals surface area contributed by atoms with Crippen molar-refractivity contribution >= 4 is 29.6 Å². The number of ether oxygens (including phenoxy) is 1. The number of hydrogen-bond donors (Lipinski definition) is 0. The van der Waals surface area contributed by atoms with Crippen LogP contribution in [0.4, 0.5) is 0 Å². The molecular weight excluding hydrogens is 402 g/mol. The highest BCUT2D eigenvalue weighted by Crippen LogP contribution is 2.52. The number of carbonyl (C=O) groups excluding carboxylic acids is 5. The molecule has 4 rings (SSSR count). The minimum absolute atomic E-state index is 0.0947.